The molecule has 0 atom stereocenters. The first-order valence-electron chi connectivity index (χ1n) is 11.1. The first-order valence-corrected chi connectivity index (χ1v) is 11.5. The average Bonchev–Trinajstić information content (AvgIpc) is 3.39. The summed E-state index contributed by atoms with van der Waals surface area (Å²) in [5.41, 5.74) is 2.24. The van der Waals surface area contributed by atoms with E-state index in [9.17, 15) is 13.2 Å². The SMILES string of the molecule is CCCN(Cc1c(C(F)(F)F)nc2n1CCCN2c1c(C)cc(C)cc1Cl)CC1CC1. The molecule has 4 nitrogen and oxygen atoms in total. The molecule has 0 spiro atoms. The predicted octanol–water partition coefficient (Wildman–Crippen LogP) is 6.34. The summed E-state index contributed by atoms with van der Waals surface area (Å²) in [6.45, 7) is 9.04. The van der Waals surface area contributed by atoms with E-state index < -0.39 is 11.9 Å². The second kappa shape index (κ2) is 8.66. The van der Waals surface area contributed by atoms with Crippen molar-refractivity contribution >= 4 is 23.2 Å². The van der Waals surface area contributed by atoms with Gasteiger partial charge in [0.25, 0.3) is 0 Å². The van der Waals surface area contributed by atoms with E-state index in [-0.39, 0.29) is 12.2 Å². The summed E-state index contributed by atoms with van der Waals surface area (Å²) < 4.78 is 43.9. The molecular formula is C23H30ClF3N4. The fourth-order valence-corrected chi connectivity index (χ4v) is 5.10. The molecule has 0 bridgehead atoms. The summed E-state index contributed by atoms with van der Waals surface area (Å²) in [4.78, 5) is 8.20. The van der Waals surface area contributed by atoms with Gasteiger partial charge in [0.05, 0.1) is 16.4 Å². The standard InChI is InChI=1S/C23H30ClF3N4/c1-4-8-29(13-17-6-7-17)14-19-21(23(25,26)27)28-22-30(19)9-5-10-31(22)20-16(3)11-15(2)12-18(20)24/h11-12,17H,4-10,13-14H2,1-3H3. The second-order valence-electron chi connectivity index (χ2n) is 8.95. The van der Waals surface area contributed by atoms with Gasteiger partial charge in [0.2, 0.25) is 5.95 Å². The molecule has 0 unspecified atom stereocenters. The molecule has 1 aromatic heterocycles. The molecule has 1 aliphatic heterocycles. The third-order valence-corrected chi connectivity index (χ3v) is 6.41. The average molecular weight is 455 g/mol. The number of alkyl halides is 3. The summed E-state index contributed by atoms with van der Waals surface area (Å²) in [6.07, 6.45) is -0.479. The first-order chi connectivity index (χ1) is 14.7. The van der Waals surface area contributed by atoms with Crippen LogP contribution < -0.4 is 4.90 Å². The van der Waals surface area contributed by atoms with Gasteiger partial charge in [-0.05, 0) is 69.2 Å². The molecule has 0 radical (unpaired) electrons. The van der Waals surface area contributed by atoms with Crippen molar-refractivity contribution < 1.29 is 13.2 Å². The highest BCUT2D eigenvalue weighted by atomic mass is 35.5. The first kappa shape index (κ1) is 22.5. The molecule has 170 valence electrons. The molecule has 1 fully saturated rings. The molecule has 8 heteroatoms. The number of benzene rings is 1. The number of anilines is 2. The Morgan fingerprint density at radius 3 is 2.55 bits per heavy atom. The van der Waals surface area contributed by atoms with Crippen molar-refractivity contribution in [1.82, 2.24) is 14.5 Å². The molecule has 0 N–H and O–H groups in total. The Balaban J connectivity index is 1.77. The van der Waals surface area contributed by atoms with Crippen LogP contribution in [-0.2, 0) is 19.3 Å². The number of fused-ring (bicyclic) bond motifs is 1. The summed E-state index contributed by atoms with van der Waals surface area (Å²) in [6, 6.07) is 3.86. The molecular weight excluding hydrogens is 425 g/mol. The van der Waals surface area contributed by atoms with Gasteiger partial charge >= 0.3 is 6.18 Å². The van der Waals surface area contributed by atoms with Crippen LogP contribution in [0.4, 0.5) is 24.8 Å². The zero-order valence-corrected chi connectivity index (χ0v) is 19.2. The number of hydrogen-bond acceptors (Lipinski definition) is 3. The van der Waals surface area contributed by atoms with E-state index in [1.54, 1.807) is 4.57 Å². The Kier molecular flexibility index (Phi) is 6.28. The van der Waals surface area contributed by atoms with E-state index >= 15 is 0 Å². The third kappa shape index (κ3) is 4.72. The van der Waals surface area contributed by atoms with Crippen LogP contribution in [0.5, 0.6) is 0 Å². The predicted molar refractivity (Wildman–Crippen MR) is 118 cm³/mol. The Bertz CT molecular complexity index is 926. The Hall–Kier alpha value is -1.73. The van der Waals surface area contributed by atoms with Crippen LogP contribution in [-0.4, -0.2) is 34.1 Å². The zero-order chi connectivity index (χ0) is 22.3. The van der Waals surface area contributed by atoms with E-state index in [1.807, 2.05) is 30.9 Å². The second-order valence-corrected chi connectivity index (χ2v) is 9.36. The van der Waals surface area contributed by atoms with Gasteiger partial charge < -0.3 is 9.47 Å². The van der Waals surface area contributed by atoms with E-state index in [1.165, 1.54) is 12.8 Å². The van der Waals surface area contributed by atoms with Crippen molar-refractivity contribution in [1.29, 1.82) is 0 Å². The third-order valence-electron chi connectivity index (χ3n) is 6.12. The van der Waals surface area contributed by atoms with E-state index in [2.05, 4.69) is 16.8 Å². The lowest BCUT2D eigenvalue weighted by molar-refractivity contribution is -0.141. The zero-order valence-electron chi connectivity index (χ0n) is 18.4. The van der Waals surface area contributed by atoms with Crippen molar-refractivity contribution in [3.63, 3.8) is 0 Å². The summed E-state index contributed by atoms with van der Waals surface area (Å²) in [5.74, 6) is 0.973. The van der Waals surface area contributed by atoms with Gasteiger partial charge in [-0.25, -0.2) is 4.98 Å². The number of rotatable bonds is 7. The maximum atomic E-state index is 14.0. The summed E-state index contributed by atoms with van der Waals surface area (Å²) in [5, 5.41) is 0.547. The molecule has 1 aromatic carbocycles. The van der Waals surface area contributed by atoms with E-state index in [0.717, 1.165) is 42.7 Å². The minimum atomic E-state index is -4.49. The quantitative estimate of drug-likeness (QED) is 0.488. The van der Waals surface area contributed by atoms with Crippen LogP contribution in [0.3, 0.4) is 0 Å². The van der Waals surface area contributed by atoms with Gasteiger partial charge in [-0.1, -0.05) is 24.6 Å². The molecule has 0 amide bonds. The topological polar surface area (TPSA) is 24.3 Å². The fraction of sp³-hybridized carbons (Fsp3) is 0.609. The smallest absolute Gasteiger partial charge is 0.312 e. The van der Waals surface area contributed by atoms with Crippen LogP contribution in [0.2, 0.25) is 5.02 Å². The van der Waals surface area contributed by atoms with Gasteiger partial charge in [-0.3, -0.25) is 4.90 Å². The number of nitrogens with zero attached hydrogens (tertiary/aromatic N) is 4. The highest BCUT2D eigenvalue weighted by Gasteiger charge is 2.41. The molecule has 2 aromatic rings. The number of imidazole rings is 1. The fourth-order valence-electron chi connectivity index (χ4n) is 4.68. The minimum absolute atomic E-state index is 0.278. The van der Waals surface area contributed by atoms with Gasteiger partial charge in [0.1, 0.15) is 0 Å². The van der Waals surface area contributed by atoms with Gasteiger partial charge in [-0.2, -0.15) is 13.2 Å². The molecule has 2 aliphatic rings. The van der Waals surface area contributed by atoms with Crippen molar-refractivity contribution in [2.45, 2.75) is 65.7 Å². The van der Waals surface area contributed by atoms with E-state index in [4.69, 9.17) is 11.6 Å². The van der Waals surface area contributed by atoms with Crippen molar-refractivity contribution in [3.05, 3.63) is 39.7 Å². The number of halogens is 4. The van der Waals surface area contributed by atoms with Crippen LogP contribution >= 0.6 is 11.6 Å². The number of hydrogen-bond donors (Lipinski definition) is 0. The van der Waals surface area contributed by atoms with Crippen molar-refractivity contribution in [2.24, 2.45) is 5.92 Å². The molecule has 4 rings (SSSR count). The lowest BCUT2D eigenvalue weighted by Gasteiger charge is -2.32. The van der Waals surface area contributed by atoms with Gasteiger partial charge in [0.15, 0.2) is 5.69 Å². The maximum absolute atomic E-state index is 14.0. The number of aryl methyl sites for hydroxylation is 2. The molecule has 1 saturated carbocycles. The van der Waals surface area contributed by atoms with Gasteiger partial charge in [-0.15, -0.1) is 0 Å². The Morgan fingerprint density at radius 2 is 1.94 bits per heavy atom. The van der Waals surface area contributed by atoms with Crippen molar-refractivity contribution in [2.75, 3.05) is 24.5 Å². The Morgan fingerprint density at radius 1 is 1.19 bits per heavy atom. The van der Waals surface area contributed by atoms with E-state index in [0.29, 0.717) is 30.0 Å². The highest BCUT2D eigenvalue weighted by Crippen LogP contribution is 2.42. The summed E-state index contributed by atoms with van der Waals surface area (Å²) in [7, 11) is 0. The monoisotopic (exact) mass is 454 g/mol. The van der Waals surface area contributed by atoms with Crippen LogP contribution in [0.15, 0.2) is 12.1 Å². The lowest BCUT2D eigenvalue weighted by Crippen LogP contribution is -2.32. The summed E-state index contributed by atoms with van der Waals surface area (Å²) >= 11 is 6.55. The molecule has 31 heavy (non-hydrogen) atoms. The largest absolute Gasteiger partial charge is 0.435 e. The Labute approximate surface area is 187 Å². The molecule has 2 heterocycles. The molecule has 1 aliphatic carbocycles. The van der Waals surface area contributed by atoms with Gasteiger partial charge in [0, 0.05) is 26.2 Å². The highest BCUT2D eigenvalue weighted by molar-refractivity contribution is 6.33. The van der Waals surface area contributed by atoms with Crippen LogP contribution in [0.1, 0.15) is 55.1 Å². The number of aromatic nitrogens is 2. The van der Waals surface area contributed by atoms with Crippen LogP contribution in [0.25, 0.3) is 0 Å². The lowest BCUT2D eigenvalue weighted by atomic mass is 10.1. The van der Waals surface area contributed by atoms with Crippen molar-refractivity contribution in [3.8, 4) is 0 Å². The normalized spacial score (nSPS) is 16.8. The minimum Gasteiger partial charge on any atom is -0.312 e. The maximum Gasteiger partial charge on any atom is 0.435 e. The van der Waals surface area contributed by atoms with Crippen LogP contribution in [0, 0.1) is 19.8 Å². The molecule has 0 saturated heterocycles.